The highest BCUT2D eigenvalue weighted by Crippen LogP contribution is 2.28. The number of piperazine rings is 1. The van der Waals surface area contributed by atoms with E-state index in [1.807, 2.05) is 24.3 Å². The average molecular weight is 517 g/mol. The molecule has 12 heteroatoms. The minimum Gasteiger partial charge on any atom is -0.497 e. The van der Waals surface area contributed by atoms with Crippen LogP contribution in [0.3, 0.4) is 0 Å². The van der Waals surface area contributed by atoms with Gasteiger partial charge in [0.1, 0.15) is 17.9 Å². The topological polar surface area (TPSA) is 110 Å². The predicted octanol–water partition coefficient (Wildman–Crippen LogP) is 2.06. The van der Waals surface area contributed by atoms with Crippen molar-refractivity contribution in [2.45, 2.75) is 6.42 Å². The molecule has 2 amide bonds. The fourth-order valence-electron chi connectivity index (χ4n) is 5.02. The maximum Gasteiger partial charge on any atom is 0.228 e. The molecule has 4 aromatic rings. The quantitative estimate of drug-likeness (QED) is 0.397. The van der Waals surface area contributed by atoms with Gasteiger partial charge in [-0.15, -0.1) is 5.10 Å². The van der Waals surface area contributed by atoms with E-state index < -0.39 is 5.92 Å². The second kappa shape index (κ2) is 9.69. The molecule has 6 rings (SSSR count). The van der Waals surface area contributed by atoms with Gasteiger partial charge in [0.2, 0.25) is 11.8 Å². The Labute approximate surface area is 217 Å². The van der Waals surface area contributed by atoms with Crippen molar-refractivity contribution in [2.24, 2.45) is 5.92 Å². The van der Waals surface area contributed by atoms with Crippen LogP contribution in [0.25, 0.3) is 16.9 Å². The average Bonchev–Trinajstić information content (AvgIpc) is 3.57. The number of amides is 2. The molecule has 0 saturated carbocycles. The van der Waals surface area contributed by atoms with Crippen LogP contribution in [0.5, 0.6) is 5.75 Å². The molecule has 0 radical (unpaired) electrons. The summed E-state index contributed by atoms with van der Waals surface area (Å²) in [5.74, 6) is 0.401. The first-order chi connectivity index (χ1) is 18.5. The molecule has 0 aliphatic carbocycles. The summed E-state index contributed by atoms with van der Waals surface area (Å²) in [6, 6.07) is 13.2. The van der Waals surface area contributed by atoms with E-state index in [2.05, 4.69) is 25.2 Å². The Morgan fingerprint density at radius 1 is 1.03 bits per heavy atom. The first kappa shape index (κ1) is 23.8. The monoisotopic (exact) mass is 516 g/mol. The maximum atomic E-state index is 13.3. The minimum atomic E-state index is -0.423. The Morgan fingerprint density at radius 3 is 2.58 bits per heavy atom. The van der Waals surface area contributed by atoms with Crippen LogP contribution in [0.2, 0.25) is 0 Å². The number of anilines is 2. The number of rotatable bonds is 5. The Balaban J connectivity index is 1.14. The summed E-state index contributed by atoms with van der Waals surface area (Å²) in [4.78, 5) is 40.1. The van der Waals surface area contributed by atoms with Gasteiger partial charge in [-0.05, 0) is 36.4 Å². The van der Waals surface area contributed by atoms with E-state index in [-0.39, 0.29) is 24.1 Å². The normalized spacial score (nSPS) is 17.9. The van der Waals surface area contributed by atoms with Gasteiger partial charge in [0.05, 0.1) is 18.7 Å². The Hall–Kier alpha value is -4.61. The molecule has 2 saturated heterocycles. The van der Waals surface area contributed by atoms with Crippen LogP contribution in [0.1, 0.15) is 6.42 Å². The molecule has 2 fully saturated rings. The van der Waals surface area contributed by atoms with E-state index in [9.17, 15) is 14.0 Å². The molecule has 1 unspecified atom stereocenters. The van der Waals surface area contributed by atoms with Crippen LogP contribution in [0.4, 0.5) is 15.9 Å². The second-order valence-electron chi connectivity index (χ2n) is 9.27. The van der Waals surface area contributed by atoms with Crippen LogP contribution in [-0.4, -0.2) is 81.5 Å². The van der Waals surface area contributed by atoms with E-state index >= 15 is 0 Å². The number of fused-ring (bicyclic) bond motifs is 1. The first-order valence-electron chi connectivity index (χ1n) is 12.3. The number of carbonyl (C=O) groups excluding carboxylic acids is 2. The third kappa shape index (κ3) is 4.27. The van der Waals surface area contributed by atoms with Crippen LogP contribution in [0, 0.1) is 11.7 Å². The number of nitrogens with zero attached hydrogens (tertiary/aromatic N) is 8. The molecule has 4 heterocycles. The lowest BCUT2D eigenvalue weighted by Crippen LogP contribution is -2.51. The number of aromatic nitrogens is 5. The van der Waals surface area contributed by atoms with Gasteiger partial charge in [0.25, 0.3) is 0 Å². The third-order valence-electron chi connectivity index (χ3n) is 7.02. The van der Waals surface area contributed by atoms with Crippen LogP contribution >= 0.6 is 0 Å². The summed E-state index contributed by atoms with van der Waals surface area (Å²) in [5, 5.41) is 8.65. The van der Waals surface area contributed by atoms with Crippen molar-refractivity contribution < 1.29 is 18.7 Å². The molecule has 1 atom stereocenters. The van der Waals surface area contributed by atoms with E-state index in [4.69, 9.17) is 4.74 Å². The van der Waals surface area contributed by atoms with Gasteiger partial charge in [-0.25, -0.2) is 14.4 Å². The van der Waals surface area contributed by atoms with Gasteiger partial charge in [0.15, 0.2) is 17.0 Å². The summed E-state index contributed by atoms with van der Waals surface area (Å²) in [5.41, 5.74) is 2.53. The molecular weight excluding hydrogens is 491 g/mol. The van der Waals surface area contributed by atoms with Gasteiger partial charge in [-0.1, -0.05) is 11.3 Å². The summed E-state index contributed by atoms with van der Waals surface area (Å²) in [6.07, 6.45) is 1.64. The lowest BCUT2D eigenvalue weighted by molar-refractivity contribution is -0.136. The van der Waals surface area contributed by atoms with Crippen molar-refractivity contribution in [3.8, 4) is 11.4 Å². The van der Waals surface area contributed by atoms with Crippen molar-refractivity contribution in [3.63, 3.8) is 0 Å². The first-order valence-corrected chi connectivity index (χ1v) is 12.3. The molecule has 0 spiro atoms. The number of methoxy groups -OCH3 is 1. The number of halogens is 1. The predicted molar refractivity (Wildman–Crippen MR) is 137 cm³/mol. The number of benzene rings is 2. The lowest BCUT2D eigenvalue weighted by Gasteiger charge is -2.36. The Kier molecular flexibility index (Phi) is 6.06. The number of ether oxygens (including phenoxy) is 1. The van der Waals surface area contributed by atoms with Crippen molar-refractivity contribution in [2.75, 3.05) is 49.6 Å². The van der Waals surface area contributed by atoms with Crippen molar-refractivity contribution >= 4 is 34.5 Å². The highest BCUT2D eigenvalue weighted by atomic mass is 19.1. The molecule has 0 N–H and O–H groups in total. The fourth-order valence-corrected chi connectivity index (χ4v) is 5.02. The summed E-state index contributed by atoms with van der Waals surface area (Å²) in [7, 11) is 1.61. The van der Waals surface area contributed by atoms with Gasteiger partial charge in [-0.3, -0.25) is 9.59 Å². The Bertz CT molecular complexity index is 1500. The highest BCUT2D eigenvalue weighted by Gasteiger charge is 2.38. The molecule has 2 aliphatic heterocycles. The lowest BCUT2D eigenvalue weighted by atomic mass is 10.1. The minimum absolute atomic E-state index is 0.0422. The van der Waals surface area contributed by atoms with Crippen molar-refractivity contribution in [1.29, 1.82) is 0 Å². The zero-order chi connectivity index (χ0) is 26.2. The van der Waals surface area contributed by atoms with Gasteiger partial charge in [-0.2, -0.15) is 4.68 Å². The number of hydrogen-bond donors (Lipinski definition) is 0. The zero-order valence-corrected chi connectivity index (χ0v) is 20.7. The van der Waals surface area contributed by atoms with Crippen molar-refractivity contribution in [1.82, 2.24) is 29.9 Å². The van der Waals surface area contributed by atoms with Gasteiger partial charge in [0, 0.05) is 50.9 Å². The summed E-state index contributed by atoms with van der Waals surface area (Å²) in [6.45, 7) is 2.41. The van der Waals surface area contributed by atoms with Crippen LogP contribution < -0.4 is 14.5 Å². The molecule has 194 valence electrons. The maximum absolute atomic E-state index is 13.3. The molecule has 0 bridgehead atoms. The number of carbonyl (C=O) groups is 2. The van der Waals surface area contributed by atoms with E-state index in [0.717, 1.165) is 5.69 Å². The molecule has 38 heavy (non-hydrogen) atoms. The van der Waals surface area contributed by atoms with Gasteiger partial charge < -0.3 is 19.4 Å². The van der Waals surface area contributed by atoms with Crippen LogP contribution in [-0.2, 0) is 9.59 Å². The number of hydrogen-bond acceptors (Lipinski definition) is 8. The van der Waals surface area contributed by atoms with E-state index in [1.54, 1.807) is 33.7 Å². The van der Waals surface area contributed by atoms with E-state index in [1.165, 1.54) is 18.5 Å². The fraction of sp³-hybridized carbons (Fsp3) is 0.308. The molecule has 2 aromatic carbocycles. The van der Waals surface area contributed by atoms with E-state index in [0.29, 0.717) is 61.1 Å². The smallest absolute Gasteiger partial charge is 0.228 e. The SMILES string of the molecule is COc1cccc(-n2nnc3c(N4CCN(C(=O)C5CC(=O)N(c6ccc(F)cc6)C5)CC4)ncnc32)c1. The summed E-state index contributed by atoms with van der Waals surface area (Å²) < 4.78 is 20.2. The van der Waals surface area contributed by atoms with Gasteiger partial charge >= 0.3 is 0 Å². The molecule has 2 aromatic heterocycles. The highest BCUT2D eigenvalue weighted by molar-refractivity contribution is 6.00. The third-order valence-corrected chi connectivity index (χ3v) is 7.02. The largest absolute Gasteiger partial charge is 0.497 e. The summed E-state index contributed by atoms with van der Waals surface area (Å²) >= 11 is 0. The van der Waals surface area contributed by atoms with Crippen LogP contribution in [0.15, 0.2) is 54.9 Å². The second-order valence-corrected chi connectivity index (χ2v) is 9.27. The molecule has 2 aliphatic rings. The Morgan fingerprint density at radius 2 is 1.82 bits per heavy atom. The zero-order valence-electron chi connectivity index (χ0n) is 20.7. The standard InChI is InChI=1S/C26H25FN8O3/c1-38-21-4-2-3-20(14-21)35-25-23(30-31-35)24(28-16-29-25)32-9-11-33(12-10-32)26(37)17-13-22(36)34(15-17)19-7-5-18(27)6-8-19/h2-8,14,16-17H,9-13,15H2,1H3. The van der Waals surface area contributed by atoms with Crippen molar-refractivity contribution in [3.05, 3.63) is 60.7 Å². The molecular formula is C26H25FN8O3. The molecule has 11 nitrogen and oxygen atoms in total.